The largest absolute Gasteiger partial charge is 0.501 e. The Hall–Kier alpha value is -5.03. The molecule has 4 heterocycles. The quantitative estimate of drug-likeness (QED) is 0.0590. The number of thiol groups is 1. The first-order valence-corrected chi connectivity index (χ1v) is 30.0. The second kappa shape index (κ2) is 20.9. The number of carbonyl (C=O) groups excluding carboxylic acids is 1. The molecule has 2 aromatic heterocycles. The normalized spacial score (nSPS) is 19.9. The molecule has 5 aromatic rings. The highest BCUT2D eigenvalue weighted by atomic mass is 35.5. The number of aromatic amines is 1. The number of anilines is 2. The van der Waals surface area contributed by atoms with Crippen LogP contribution in [-0.4, -0.2) is 129 Å². The van der Waals surface area contributed by atoms with Gasteiger partial charge in [0.2, 0.25) is 0 Å². The summed E-state index contributed by atoms with van der Waals surface area (Å²) in [7, 11) is -13.4. The molecule has 4 N–H and O–H groups in total. The van der Waals surface area contributed by atoms with Crippen molar-refractivity contribution in [2.75, 3.05) is 74.1 Å². The third-order valence-electron chi connectivity index (χ3n) is 14.2. The van der Waals surface area contributed by atoms with Gasteiger partial charge < -0.3 is 29.4 Å². The number of fused-ring (bicyclic) bond motifs is 1. The highest BCUT2D eigenvalue weighted by Crippen LogP contribution is 2.44. The molecule has 4 aliphatic rings. The van der Waals surface area contributed by atoms with Crippen LogP contribution in [0.5, 0.6) is 11.5 Å². The molecule has 2 saturated heterocycles. The summed E-state index contributed by atoms with van der Waals surface area (Å²) >= 11 is 6.24. The number of sulfone groups is 1. The highest BCUT2D eigenvalue weighted by Gasteiger charge is 2.48. The van der Waals surface area contributed by atoms with Gasteiger partial charge in [-0.15, -0.1) is 10.1 Å². The first kappa shape index (κ1) is 52.8. The van der Waals surface area contributed by atoms with Crippen LogP contribution in [-0.2, 0) is 30.0 Å². The van der Waals surface area contributed by atoms with Gasteiger partial charge in [-0.3, -0.25) is 14.1 Å². The van der Waals surface area contributed by atoms with Crippen molar-refractivity contribution in [2.45, 2.75) is 86.7 Å². The van der Waals surface area contributed by atoms with Crippen LogP contribution in [0.4, 0.5) is 24.5 Å². The number of aromatic nitrogens is 2. The summed E-state index contributed by atoms with van der Waals surface area (Å²) in [6.45, 7) is 11.6. The highest BCUT2D eigenvalue weighted by molar-refractivity contribution is 8.00. The summed E-state index contributed by atoms with van der Waals surface area (Å²) < 4.78 is 120. The Balaban J connectivity index is 0.919. The smallest absolute Gasteiger partial charge is 0.455 e. The summed E-state index contributed by atoms with van der Waals surface area (Å²) in [6.07, 6.45) is 8.62. The number of nitrogens with zero attached hydrogens (tertiary/aromatic N) is 5. The SMILES string of the molecule is C[C@@H](CCN1CC[SH](O)(=NC2CC2)CC1)Nc1ccc(S(=O)(=O)NC(=O)c2ccc(N3CCN(CC4=C(c5ccc(Cl)cc5)CC(C)(C)CC4)CC3)cc2Oc2cnc3[nH]ccc3c2)cc1S(=O)(=O)C(F)(F)F. The summed E-state index contributed by atoms with van der Waals surface area (Å²) in [4.78, 5) is 26.0. The zero-order valence-electron chi connectivity index (χ0n) is 41.0. The van der Waals surface area contributed by atoms with E-state index in [1.807, 2.05) is 16.9 Å². The van der Waals surface area contributed by atoms with Crippen LogP contribution in [0, 0.1) is 5.41 Å². The van der Waals surface area contributed by atoms with E-state index in [4.69, 9.17) is 16.3 Å². The summed E-state index contributed by atoms with van der Waals surface area (Å²) in [5.41, 5.74) is -0.997. The maximum atomic E-state index is 14.2. The van der Waals surface area contributed by atoms with E-state index in [2.05, 4.69) is 60.3 Å². The molecule has 0 bridgehead atoms. The molecule has 1 saturated carbocycles. The number of pyridine rings is 1. The summed E-state index contributed by atoms with van der Waals surface area (Å²) in [5, 5.41) is 4.25. The summed E-state index contributed by atoms with van der Waals surface area (Å²) in [6, 6.07) is 18.3. The van der Waals surface area contributed by atoms with Crippen LogP contribution in [0.3, 0.4) is 0 Å². The minimum absolute atomic E-state index is 0.0177. The average molecular weight is 1090 g/mol. The van der Waals surface area contributed by atoms with Gasteiger partial charge in [0.1, 0.15) is 22.0 Å². The number of allylic oxidation sites excluding steroid dienone is 1. The molecule has 2 aliphatic heterocycles. The van der Waals surface area contributed by atoms with Gasteiger partial charge in [-0.05, 0) is 117 Å². The van der Waals surface area contributed by atoms with Gasteiger partial charge in [-0.2, -0.15) is 13.2 Å². The van der Waals surface area contributed by atoms with Crippen LogP contribution in [0.25, 0.3) is 16.6 Å². The standard InChI is InChI=1S/C51H62ClF3N8O7S3/c1-34(16-19-61-24-26-71(65,27-25-61)59-39-8-9-39)58-45-13-11-42(30-47(45)72(66,67)51(53,54)55)73(68,69)60-49(64)43-12-10-40(29-46(43)70-41-28-36-15-18-56-48(36)57-32-41)63-22-20-62(21-23-63)33-37-14-17-50(2,3)31-44(37)35-4-6-38(52)7-5-35/h4-7,10-13,15,18,28-30,32,34,39,58,71H,8-9,14,16-17,19-27,31,33H2,1-3H3,(H,56,57)(H,59,65)(H,60,64)/t34-/m0/s1. The number of halogens is 4. The maximum absolute atomic E-state index is 14.2. The van der Waals surface area contributed by atoms with Crippen molar-refractivity contribution in [2.24, 2.45) is 9.78 Å². The second-order valence-corrected chi connectivity index (χ2v) is 27.4. The molecule has 73 heavy (non-hydrogen) atoms. The number of piperazine rings is 1. The topological polar surface area (TPSA) is 190 Å². The third-order valence-corrected chi connectivity index (χ3v) is 19.9. The Morgan fingerprint density at radius 1 is 0.973 bits per heavy atom. The van der Waals surface area contributed by atoms with Crippen LogP contribution >= 0.6 is 11.6 Å². The molecule has 394 valence electrons. The lowest BCUT2D eigenvalue weighted by atomic mass is 9.72. The number of benzene rings is 3. The Morgan fingerprint density at radius 2 is 1.70 bits per heavy atom. The molecule has 0 radical (unpaired) electrons. The Kier molecular flexibility index (Phi) is 15.2. The predicted molar refractivity (Wildman–Crippen MR) is 282 cm³/mol. The number of nitrogens with one attached hydrogen (secondary N) is 3. The molecule has 3 fully saturated rings. The van der Waals surface area contributed by atoms with Crippen LogP contribution < -0.4 is 19.7 Å². The number of ether oxygens (including phenoxy) is 1. The second-order valence-electron chi connectivity index (χ2n) is 20.5. The van der Waals surface area contributed by atoms with Gasteiger partial charge in [-0.25, -0.2) is 26.5 Å². The zero-order valence-corrected chi connectivity index (χ0v) is 44.2. The molecule has 22 heteroatoms. The number of sulfonamides is 1. The molecule has 1 amide bonds. The Labute approximate surface area is 430 Å². The van der Waals surface area contributed by atoms with E-state index in [1.165, 1.54) is 29.0 Å². The molecular weight excluding hydrogens is 1030 g/mol. The third kappa shape index (κ3) is 12.6. The number of hydrogen-bond acceptors (Lipinski definition) is 12. The minimum atomic E-state index is -6.10. The molecule has 3 aromatic carbocycles. The molecule has 0 unspecified atom stereocenters. The van der Waals surface area contributed by atoms with Gasteiger partial charge in [-0.1, -0.05) is 43.2 Å². The number of amides is 1. The predicted octanol–water partition coefficient (Wildman–Crippen LogP) is 9.42. The van der Waals surface area contributed by atoms with Gasteiger partial charge in [0.05, 0.1) is 28.4 Å². The fourth-order valence-electron chi connectivity index (χ4n) is 9.73. The van der Waals surface area contributed by atoms with E-state index < -0.39 is 62.9 Å². The van der Waals surface area contributed by atoms with Crippen molar-refractivity contribution in [3.05, 3.63) is 107 Å². The lowest BCUT2D eigenvalue weighted by Gasteiger charge is -2.39. The van der Waals surface area contributed by atoms with Crippen molar-refractivity contribution >= 4 is 75.5 Å². The Bertz CT molecular complexity index is 3180. The van der Waals surface area contributed by atoms with Crippen molar-refractivity contribution in [3.63, 3.8) is 0 Å². The fourth-order valence-corrected chi connectivity index (χ4v) is 14.4. The van der Waals surface area contributed by atoms with Crippen LogP contribution in [0.1, 0.15) is 75.2 Å². The van der Waals surface area contributed by atoms with E-state index in [9.17, 15) is 39.4 Å². The monoisotopic (exact) mass is 1090 g/mol. The van der Waals surface area contributed by atoms with E-state index >= 15 is 0 Å². The van der Waals surface area contributed by atoms with E-state index in [0.29, 0.717) is 78.5 Å². The molecule has 1 atom stereocenters. The van der Waals surface area contributed by atoms with Crippen molar-refractivity contribution in [3.8, 4) is 11.5 Å². The van der Waals surface area contributed by atoms with Gasteiger partial charge in [0.25, 0.3) is 25.8 Å². The first-order chi connectivity index (χ1) is 34.5. The number of alkyl halides is 3. The Morgan fingerprint density at radius 3 is 2.40 bits per heavy atom. The minimum Gasteiger partial charge on any atom is -0.455 e. The van der Waals surface area contributed by atoms with Gasteiger partial charge in [0, 0.05) is 98.3 Å². The van der Waals surface area contributed by atoms with E-state index in [0.717, 1.165) is 63.9 Å². The lowest BCUT2D eigenvalue weighted by molar-refractivity contribution is -0.0436. The number of rotatable bonds is 16. The van der Waals surface area contributed by atoms with Crippen LogP contribution in [0.15, 0.2) is 105 Å². The van der Waals surface area contributed by atoms with E-state index in [-0.39, 0.29) is 28.5 Å². The van der Waals surface area contributed by atoms with Gasteiger partial charge >= 0.3 is 5.51 Å². The molecular formula is C51H62ClF3N8O7S3. The lowest BCUT2D eigenvalue weighted by Crippen LogP contribution is -2.47. The van der Waals surface area contributed by atoms with Crippen LogP contribution in [0.2, 0.25) is 5.02 Å². The number of hydrogen-bond donors (Lipinski definition) is 5. The average Bonchev–Trinajstić information content (AvgIpc) is 4.02. The number of H-pyrrole nitrogens is 1. The molecule has 15 nitrogen and oxygen atoms in total. The number of carbonyl (C=O) groups is 1. The van der Waals surface area contributed by atoms with Gasteiger partial charge in [0.15, 0.2) is 0 Å². The molecule has 2 aliphatic carbocycles. The fraction of sp³-hybridized carbons (Fsp3) is 0.451. The zero-order chi connectivity index (χ0) is 51.9. The van der Waals surface area contributed by atoms with E-state index in [1.54, 1.807) is 37.4 Å². The van der Waals surface area contributed by atoms with Crippen molar-refractivity contribution in [1.82, 2.24) is 24.5 Å². The molecule has 9 rings (SSSR count). The van der Waals surface area contributed by atoms with Crippen molar-refractivity contribution in [1.29, 1.82) is 0 Å². The van der Waals surface area contributed by atoms with Crippen molar-refractivity contribution < 1.29 is 44.1 Å². The first-order valence-electron chi connectivity index (χ1n) is 24.6. The molecule has 0 spiro atoms. The summed E-state index contributed by atoms with van der Waals surface area (Å²) in [5.74, 6) is 0.193. The maximum Gasteiger partial charge on any atom is 0.501 e.